The monoisotopic (exact) mass is 188 g/mol. The number of aromatic hydroxyl groups is 1. The molecule has 0 saturated heterocycles. The van der Waals surface area contributed by atoms with Crippen molar-refractivity contribution in [1.29, 1.82) is 0 Å². The molecular formula is C9H10F2O2. The van der Waals surface area contributed by atoms with Crippen LogP contribution in [0.2, 0.25) is 0 Å². The van der Waals surface area contributed by atoms with Crippen LogP contribution in [0.4, 0.5) is 8.78 Å². The van der Waals surface area contributed by atoms with Crippen molar-refractivity contribution in [3.63, 3.8) is 0 Å². The molecule has 72 valence electrons. The van der Waals surface area contributed by atoms with E-state index in [1.165, 1.54) is 19.1 Å². The Balaban J connectivity index is 3.05. The normalized spacial score (nSPS) is 10.5. The SMILES string of the molecule is Cc1cc(O)c(C)c(OC(F)F)c1. The molecule has 1 aromatic rings. The fourth-order valence-corrected chi connectivity index (χ4v) is 1.03. The van der Waals surface area contributed by atoms with Gasteiger partial charge in [-0.05, 0) is 31.5 Å². The van der Waals surface area contributed by atoms with Crippen molar-refractivity contribution < 1.29 is 18.6 Å². The van der Waals surface area contributed by atoms with Crippen molar-refractivity contribution in [2.75, 3.05) is 0 Å². The van der Waals surface area contributed by atoms with Crippen molar-refractivity contribution in [1.82, 2.24) is 0 Å². The van der Waals surface area contributed by atoms with Gasteiger partial charge in [-0.3, -0.25) is 0 Å². The minimum Gasteiger partial charge on any atom is -0.508 e. The molecule has 4 heteroatoms. The molecule has 1 rings (SSSR count). The van der Waals surface area contributed by atoms with Gasteiger partial charge in [-0.25, -0.2) is 0 Å². The first-order valence-corrected chi connectivity index (χ1v) is 3.75. The van der Waals surface area contributed by atoms with Crippen LogP contribution in [0.3, 0.4) is 0 Å². The number of benzene rings is 1. The average molecular weight is 188 g/mol. The van der Waals surface area contributed by atoms with Gasteiger partial charge in [-0.2, -0.15) is 8.78 Å². The maximum absolute atomic E-state index is 11.9. The molecule has 0 bridgehead atoms. The van der Waals surface area contributed by atoms with Crippen molar-refractivity contribution in [2.24, 2.45) is 0 Å². The quantitative estimate of drug-likeness (QED) is 0.772. The van der Waals surface area contributed by atoms with E-state index >= 15 is 0 Å². The molecule has 0 aliphatic rings. The van der Waals surface area contributed by atoms with Gasteiger partial charge >= 0.3 is 6.61 Å². The van der Waals surface area contributed by atoms with Crippen LogP contribution in [0.5, 0.6) is 11.5 Å². The molecule has 2 nitrogen and oxygen atoms in total. The van der Waals surface area contributed by atoms with E-state index in [9.17, 15) is 13.9 Å². The maximum atomic E-state index is 11.9. The second-order valence-electron chi connectivity index (χ2n) is 2.79. The fourth-order valence-electron chi connectivity index (χ4n) is 1.03. The first-order chi connectivity index (χ1) is 6.00. The molecule has 0 unspecified atom stereocenters. The highest BCUT2D eigenvalue weighted by atomic mass is 19.3. The summed E-state index contributed by atoms with van der Waals surface area (Å²) in [6.45, 7) is 0.351. The number of halogens is 2. The zero-order valence-electron chi connectivity index (χ0n) is 7.34. The predicted octanol–water partition coefficient (Wildman–Crippen LogP) is 2.61. The lowest BCUT2D eigenvalue weighted by atomic mass is 10.1. The van der Waals surface area contributed by atoms with Gasteiger partial charge in [0.1, 0.15) is 11.5 Å². The molecule has 0 aromatic heterocycles. The lowest BCUT2D eigenvalue weighted by molar-refractivity contribution is -0.0504. The summed E-state index contributed by atoms with van der Waals surface area (Å²) in [5, 5.41) is 9.27. The van der Waals surface area contributed by atoms with Gasteiger partial charge in [0.15, 0.2) is 0 Å². The number of rotatable bonds is 2. The van der Waals surface area contributed by atoms with Crippen molar-refractivity contribution in [2.45, 2.75) is 20.5 Å². The summed E-state index contributed by atoms with van der Waals surface area (Å²) in [7, 11) is 0. The minimum absolute atomic E-state index is 0.0208. The van der Waals surface area contributed by atoms with Gasteiger partial charge in [0.25, 0.3) is 0 Å². The second kappa shape index (κ2) is 3.60. The summed E-state index contributed by atoms with van der Waals surface area (Å²) in [6.07, 6.45) is 0. The maximum Gasteiger partial charge on any atom is 0.387 e. The number of phenolic OH excluding ortho intramolecular Hbond substituents is 1. The van der Waals surface area contributed by atoms with E-state index in [1.807, 2.05) is 0 Å². The number of aryl methyl sites for hydroxylation is 1. The molecule has 0 saturated carbocycles. The summed E-state index contributed by atoms with van der Waals surface area (Å²) >= 11 is 0. The third-order valence-electron chi connectivity index (χ3n) is 1.69. The average Bonchev–Trinajstić information content (AvgIpc) is 1.98. The molecule has 0 atom stereocenters. The van der Waals surface area contributed by atoms with Crippen LogP contribution in [0.15, 0.2) is 12.1 Å². The van der Waals surface area contributed by atoms with E-state index in [0.29, 0.717) is 11.1 Å². The molecule has 0 aliphatic carbocycles. The lowest BCUT2D eigenvalue weighted by Gasteiger charge is -2.09. The largest absolute Gasteiger partial charge is 0.508 e. The van der Waals surface area contributed by atoms with Crippen LogP contribution in [0.25, 0.3) is 0 Å². The predicted molar refractivity (Wildman–Crippen MR) is 44.2 cm³/mol. The standard InChI is InChI=1S/C9H10F2O2/c1-5-3-7(12)6(2)8(4-5)13-9(10)11/h3-4,9,12H,1-2H3. The van der Waals surface area contributed by atoms with Gasteiger partial charge in [-0.1, -0.05) is 0 Å². The molecule has 0 aliphatic heterocycles. The zero-order valence-corrected chi connectivity index (χ0v) is 7.34. The number of phenols is 1. The third-order valence-corrected chi connectivity index (χ3v) is 1.69. The first-order valence-electron chi connectivity index (χ1n) is 3.75. The van der Waals surface area contributed by atoms with Crippen molar-refractivity contribution >= 4 is 0 Å². The van der Waals surface area contributed by atoms with Crippen LogP contribution in [0.1, 0.15) is 11.1 Å². The Kier molecular flexibility index (Phi) is 2.70. The Morgan fingerprint density at radius 2 is 1.92 bits per heavy atom. The molecule has 0 amide bonds. The Morgan fingerprint density at radius 1 is 1.31 bits per heavy atom. The van der Waals surface area contributed by atoms with Gasteiger partial charge in [0, 0.05) is 5.56 Å². The summed E-state index contributed by atoms with van der Waals surface area (Å²) in [5.74, 6) is -0.0110. The molecule has 0 radical (unpaired) electrons. The fraction of sp³-hybridized carbons (Fsp3) is 0.333. The van der Waals surface area contributed by atoms with E-state index in [-0.39, 0.29) is 11.5 Å². The topological polar surface area (TPSA) is 29.5 Å². The van der Waals surface area contributed by atoms with Gasteiger partial charge in [0.05, 0.1) is 0 Å². The summed E-state index contributed by atoms with van der Waals surface area (Å²) in [6, 6.07) is 2.95. The Morgan fingerprint density at radius 3 is 2.46 bits per heavy atom. The number of hydrogen-bond acceptors (Lipinski definition) is 2. The summed E-state index contributed by atoms with van der Waals surface area (Å²) < 4.78 is 27.9. The minimum atomic E-state index is -2.86. The highest BCUT2D eigenvalue weighted by Gasteiger charge is 2.10. The molecular weight excluding hydrogens is 178 g/mol. The van der Waals surface area contributed by atoms with Crippen LogP contribution in [0, 0.1) is 13.8 Å². The second-order valence-corrected chi connectivity index (χ2v) is 2.79. The summed E-state index contributed by atoms with van der Waals surface area (Å²) in [5.41, 5.74) is 1.00. The molecule has 0 heterocycles. The number of alkyl halides is 2. The molecule has 0 spiro atoms. The number of ether oxygens (including phenoxy) is 1. The van der Waals surface area contributed by atoms with Crippen LogP contribution < -0.4 is 4.74 Å². The van der Waals surface area contributed by atoms with E-state index in [1.54, 1.807) is 6.92 Å². The molecule has 1 aromatic carbocycles. The first kappa shape index (κ1) is 9.77. The lowest BCUT2D eigenvalue weighted by Crippen LogP contribution is -2.03. The van der Waals surface area contributed by atoms with Crippen LogP contribution >= 0.6 is 0 Å². The zero-order chi connectivity index (χ0) is 10.0. The smallest absolute Gasteiger partial charge is 0.387 e. The highest BCUT2D eigenvalue weighted by Crippen LogP contribution is 2.29. The number of hydrogen-bond donors (Lipinski definition) is 1. The highest BCUT2D eigenvalue weighted by molar-refractivity contribution is 5.45. The van der Waals surface area contributed by atoms with E-state index < -0.39 is 6.61 Å². The van der Waals surface area contributed by atoms with E-state index in [0.717, 1.165) is 0 Å². The Hall–Kier alpha value is -1.32. The summed E-state index contributed by atoms with van der Waals surface area (Å²) in [4.78, 5) is 0. The molecule has 13 heavy (non-hydrogen) atoms. The van der Waals surface area contributed by atoms with Crippen LogP contribution in [-0.4, -0.2) is 11.7 Å². The molecule has 1 N–H and O–H groups in total. The van der Waals surface area contributed by atoms with Crippen molar-refractivity contribution in [3.8, 4) is 11.5 Å². The van der Waals surface area contributed by atoms with E-state index in [4.69, 9.17) is 0 Å². The van der Waals surface area contributed by atoms with Gasteiger partial charge < -0.3 is 9.84 Å². The Labute approximate surface area is 74.8 Å². The van der Waals surface area contributed by atoms with Gasteiger partial charge in [-0.15, -0.1) is 0 Å². The van der Waals surface area contributed by atoms with E-state index in [2.05, 4.69) is 4.74 Å². The van der Waals surface area contributed by atoms with Gasteiger partial charge in [0.2, 0.25) is 0 Å². The van der Waals surface area contributed by atoms with Crippen molar-refractivity contribution in [3.05, 3.63) is 23.3 Å². The van der Waals surface area contributed by atoms with Crippen LogP contribution in [-0.2, 0) is 0 Å². The third kappa shape index (κ3) is 2.31. The molecule has 0 fully saturated rings. The Bertz CT molecular complexity index is 311.